The summed E-state index contributed by atoms with van der Waals surface area (Å²) in [5.41, 5.74) is 0.137. The van der Waals surface area contributed by atoms with Gasteiger partial charge in [0.1, 0.15) is 5.82 Å². The first-order valence-corrected chi connectivity index (χ1v) is 6.19. The minimum absolute atomic E-state index is 0.00762. The van der Waals surface area contributed by atoms with Gasteiger partial charge >= 0.3 is 5.97 Å². The van der Waals surface area contributed by atoms with Crippen LogP contribution in [0, 0.1) is 5.82 Å². The number of carbonyl (C=O) groups is 2. The lowest BCUT2D eigenvalue weighted by molar-refractivity contribution is 0.0602. The number of esters is 1. The van der Waals surface area contributed by atoms with Crippen LogP contribution < -0.4 is 5.32 Å². The maximum Gasteiger partial charge on any atom is 0.339 e. The second kappa shape index (κ2) is 6.32. The molecule has 0 saturated carbocycles. The van der Waals surface area contributed by atoms with Crippen molar-refractivity contribution in [2.45, 2.75) is 0 Å². The highest BCUT2D eigenvalue weighted by molar-refractivity contribution is 6.34. The van der Waals surface area contributed by atoms with E-state index >= 15 is 0 Å². The molecule has 0 unspecified atom stereocenters. The average molecular weight is 309 g/mol. The van der Waals surface area contributed by atoms with Crippen LogP contribution in [0.5, 0.6) is 0 Å². The van der Waals surface area contributed by atoms with Crippen LogP contribution in [0.1, 0.15) is 20.7 Å². The molecule has 0 saturated heterocycles. The monoisotopic (exact) mass is 308 g/mol. The molecule has 0 radical (unpaired) electrons. The first-order chi connectivity index (χ1) is 10.0. The third-order valence-electron chi connectivity index (χ3n) is 2.65. The van der Waals surface area contributed by atoms with Gasteiger partial charge < -0.3 is 10.1 Å². The molecule has 1 aromatic heterocycles. The fraction of sp³-hybridized carbons (Fsp3) is 0.0714. The van der Waals surface area contributed by atoms with Crippen molar-refractivity contribution in [2.24, 2.45) is 0 Å². The predicted molar refractivity (Wildman–Crippen MR) is 74.9 cm³/mol. The Balaban J connectivity index is 2.35. The minimum Gasteiger partial charge on any atom is -0.465 e. The molecule has 0 fully saturated rings. The summed E-state index contributed by atoms with van der Waals surface area (Å²) in [6.07, 6.45) is 2.70. The van der Waals surface area contributed by atoms with E-state index in [4.69, 9.17) is 11.6 Å². The van der Waals surface area contributed by atoms with E-state index in [1.807, 2.05) is 0 Å². The molecule has 0 atom stereocenters. The molecule has 0 aliphatic rings. The molecule has 1 N–H and O–H groups in total. The predicted octanol–water partition coefficient (Wildman–Crippen LogP) is 2.91. The smallest absolute Gasteiger partial charge is 0.339 e. The van der Waals surface area contributed by atoms with Crippen LogP contribution in [-0.4, -0.2) is 24.0 Å². The second-order valence-electron chi connectivity index (χ2n) is 3.99. The van der Waals surface area contributed by atoms with Crippen LogP contribution in [-0.2, 0) is 4.74 Å². The number of aromatic nitrogens is 1. The number of methoxy groups -OCH3 is 1. The summed E-state index contributed by atoms with van der Waals surface area (Å²) >= 11 is 5.88. The highest BCUT2D eigenvalue weighted by atomic mass is 35.5. The Hall–Kier alpha value is -2.47. The van der Waals surface area contributed by atoms with Gasteiger partial charge in [-0.3, -0.25) is 9.78 Å². The van der Waals surface area contributed by atoms with Gasteiger partial charge in [0.05, 0.1) is 28.9 Å². The number of carbonyl (C=O) groups excluding carboxylic acids is 2. The molecule has 0 spiro atoms. The Kier molecular flexibility index (Phi) is 4.49. The van der Waals surface area contributed by atoms with Crippen molar-refractivity contribution >= 4 is 29.2 Å². The normalized spacial score (nSPS) is 10.0. The topological polar surface area (TPSA) is 68.3 Å². The lowest BCUT2D eigenvalue weighted by atomic mass is 10.1. The molecular weight excluding hydrogens is 299 g/mol. The quantitative estimate of drug-likeness (QED) is 0.885. The van der Waals surface area contributed by atoms with Crippen LogP contribution >= 0.6 is 11.6 Å². The summed E-state index contributed by atoms with van der Waals surface area (Å²) < 4.78 is 17.9. The molecule has 2 rings (SSSR count). The Labute approximate surface area is 124 Å². The van der Waals surface area contributed by atoms with Gasteiger partial charge in [0.25, 0.3) is 5.91 Å². The zero-order chi connectivity index (χ0) is 15.4. The van der Waals surface area contributed by atoms with Crippen molar-refractivity contribution in [1.29, 1.82) is 0 Å². The van der Waals surface area contributed by atoms with Gasteiger partial charge in [-0.15, -0.1) is 0 Å². The molecule has 0 aliphatic carbocycles. The number of benzene rings is 1. The largest absolute Gasteiger partial charge is 0.465 e. The summed E-state index contributed by atoms with van der Waals surface area (Å²) in [7, 11) is 1.19. The fourth-order valence-electron chi connectivity index (χ4n) is 1.64. The van der Waals surface area contributed by atoms with E-state index in [1.54, 1.807) is 0 Å². The van der Waals surface area contributed by atoms with Gasteiger partial charge in [0.15, 0.2) is 0 Å². The third-order valence-corrected chi connectivity index (χ3v) is 2.98. The van der Waals surface area contributed by atoms with E-state index in [9.17, 15) is 14.0 Å². The van der Waals surface area contributed by atoms with Gasteiger partial charge in [-0.2, -0.15) is 0 Å². The van der Waals surface area contributed by atoms with Gasteiger partial charge in [-0.05, 0) is 24.3 Å². The van der Waals surface area contributed by atoms with Crippen LogP contribution in [0.25, 0.3) is 0 Å². The molecule has 7 heteroatoms. The third kappa shape index (κ3) is 3.35. The highest BCUT2D eigenvalue weighted by Gasteiger charge is 2.17. The molecule has 5 nitrogen and oxygen atoms in total. The first-order valence-electron chi connectivity index (χ1n) is 5.81. The number of anilines is 1. The minimum atomic E-state index is -0.692. The number of nitrogens with one attached hydrogen (secondary N) is 1. The van der Waals surface area contributed by atoms with Crippen molar-refractivity contribution in [1.82, 2.24) is 4.98 Å². The van der Waals surface area contributed by atoms with E-state index < -0.39 is 17.7 Å². The maximum atomic E-state index is 13.3. The molecule has 1 heterocycles. The molecule has 2 aromatic rings. The second-order valence-corrected chi connectivity index (χ2v) is 4.40. The van der Waals surface area contributed by atoms with E-state index in [1.165, 1.54) is 31.6 Å². The van der Waals surface area contributed by atoms with Gasteiger partial charge in [0.2, 0.25) is 0 Å². The van der Waals surface area contributed by atoms with Crippen molar-refractivity contribution in [3.05, 3.63) is 58.6 Å². The molecule has 1 aromatic carbocycles. The fourth-order valence-corrected chi connectivity index (χ4v) is 1.83. The molecule has 0 bridgehead atoms. The standard InChI is InChI=1S/C14H10ClFN2O3/c1-21-14(20)9-3-2-8(16)6-12(9)18-13(19)10-7-17-5-4-11(10)15/h2-7H,1H3,(H,18,19). The summed E-state index contributed by atoms with van der Waals surface area (Å²) in [5, 5.41) is 2.61. The van der Waals surface area contributed by atoms with E-state index in [2.05, 4.69) is 15.0 Å². The number of ether oxygens (including phenoxy) is 1. The zero-order valence-corrected chi connectivity index (χ0v) is 11.6. The van der Waals surface area contributed by atoms with E-state index in [0.29, 0.717) is 0 Å². The van der Waals surface area contributed by atoms with Crippen molar-refractivity contribution in [3.8, 4) is 0 Å². The van der Waals surface area contributed by atoms with Gasteiger partial charge in [-0.25, -0.2) is 9.18 Å². The van der Waals surface area contributed by atoms with Crippen molar-refractivity contribution in [3.63, 3.8) is 0 Å². The SMILES string of the molecule is COC(=O)c1ccc(F)cc1NC(=O)c1cnccc1Cl. The summed E-state index contributed by atoms with van der Waals surface area (Å²) in [6, 6.07) is 4.79. The Bertz CT molecular complexity index is 706. The molecular formula is C14H10ClFN2O3. The van der Waals surface area contributed by atoms with Crippen LogP contribution in [0.3, 0.4) is 0 Å². The zero-order valence-electron chi connectivity index (χ0n) is 10.9. The van der Waals surface area contributed by atoms with Crippen molar-refractivity contribution < 1.29 is 18.7 Å². The van der Waals surface area contributed by atoms with Crippen molar-refractivity contribution in [2.75, 3.05) is 12.4 Å². The average Bonchev–Trinajstić information content (AvgIpc) is 2.47. The number of hydrogen-bond donors (Lipinski definition) is 1. The molecule has 21 heavy (non-hydrogen) atoms. The molecule has 1 amide bonds. The Morgan fingerprint density at radius 2 is 2.05 bits per heavy atom. The Morgan fingerprint density at radius 1 is 1.29 bits per heavy atom. The lowest BCUT2D eigenvalue weighted by Crippen LogP contribution is -2.16. The lowest BCUT2D eigenvalue weighted by Gasteiger charge is -2.10. The Morgan fingerprint density at radius 3 is 2.71 bits per heavy atom. The number of rotatable bonds is 3. The van der Waals surface area contributed by atoms with E-state index in [0.717, 1.165) is 12.1 Å². The maximum absolute atomic E-state index is 13.3. The number of halogens is 2. The van der Waals surface area contributed by atoms with Crippen LogP contribution in [0.4, 0.5) is 10.1 Å². The number of amides is 1. The summed E-state index contributed by atoms with van der Waals surface area (Å²) in [6.45, 7) is 0. The summed E-state index contributed by atoms with van der Waals surface area (Å²) in [4.78, 5) is 27.5. The van der Waals surface area contributed by atoms with Crippen LogP contribution in [0.2, 0.25) is 5.02 Å². The van der Waals surface area contributed by atoms with Gasteiger partial charge in [0, 0.05) is 12.4 Å². The molecule has 108 valence electrons. The first kappa shape index (κ1) is 14.9. The summed E-state index contributed by atoms with van der Waals surface area (Å²) in [5.74, 6) is -1.90. The molecule has 0 aliphatic heterocycles. The van der Waals surface area contributed by atoms with Crippen LogP contribution in [0.15, 0.2) is 36.7 Å². The van der Waals surface area contributed by atoms with E-state index in [-0.39, 0.29) is 21.8 Å². The van der Waals surface area contributed by atoms with Gasteiger partial charge in [-0.1, -0.05) is 11.6 Å². The highest BCUT2D eigenvalue weighted by Crippen LogP contribution is 2.21. The number of hydrogen-bond acceptors (Lipinski definition) is 4. The number of nitrogens with zero attached hydrogens (tertiary/aromatic N) is 1. The number of pyridine rings is 1.